The molecule has 0 unspecified atom stereocenters. The second-order valence-corrected chi connectivity index (χ2v) is 8.65. The quantitative estimate of drug-likeness (QED) is 0.330. The number of carbonyl (C=O) groups excluding carboxylic acids is 2. The van der Waals surface area contributed by atoms with E-state index in [0.717, 1.165) is 28.2 Å². The third-order valence-corrected chi connectivity index (χ3v) is 6.16. The zero-order chi connectivity index (χ0) is 23.2. The minimum absolute atomic E-state index is 0.000558. The van der Waals surface area contributed by atoms with Gasteiger partial charge >= 0.3 is 0 Å². The summed E-state index contributed by atoms with van der Waals surface area (Å²) in [6.07, 6.45) is 1.62. The van der Waals surface area contributed by atoms with Crippen molar-refractivity contribution in [2.24, 2.45) is 0 Å². The lowest BCUT2D eigenvalue weighted by Crippen LogP contribution is -2.54. The van der Waals surface area contributed by atoms with Crippen molar-refractivity contribution < 1.29 is 9.59 Å². The van der Waals surface area contributed by atoms with E-state index in [4.69, 9.17) is 23.8 Å². The van der Waals surface area contributed by atoms with Crippen molar-refractivity contribution in [2.45, 2.75) is 27.7 Å². The van der Waals surface area contributed by atoms with Crippen molar-refractivity contribution in [2.75, 3.05) is 4.90 Å². The van der Waals surface area contributed by atoms with Gasteiger partial charge in [0, 0.05) is 17.1 Å². The first-order chi connectivity index (χ1) is 15.2. The smallest absolute Gasteiger partial charge is 0.270 e. The first-order valence-corrected chi connectivity index (χ1v) is 10.9. The van der Waals surface area contributed by atoms with Gasteiger partial charge < -0.3 is 4.57 Å². The van der Waals surface area contributed by atoms with E-state index in [-0.39, 0.29) is 10.7 Å². The van der Waals surface area contributed by atoms with Crippen LogP contribution >= 0.6 is 23.8 Å². The van der Waals surface area contributed by atoms with Crippen LogP contribution in [-0.4, -0.2) is 21.5 Å². The summed E-state index contributed by atoms with van der Waals surface area (Å²) >= 11 is 11.5. The van der Waals surface area contributed by atoms with E-state index < -0.39 is 11.8 Å². The monoisotopic (exact) mass is 463 g/mol. The van der Waals surface area contributed by atoms with Crippen molar-refractivity contribution in [3.63, 3.8) is 0 Å². The molecule has 2 aromatic carbocycles. The number of hydrogen-bond acceptors (Lipinski definition) is 3. The summed E-state index contributed by atoms with van der Waals surface area (Å²) in [7, 11) is 0. The number of benzene rings is 2. The molecule has 2 heterocycles. The fourth-order valence-electron chi connectivity index (χ4n) is 4.03. The third kappa shape index (κ3) is 3.76. The molecule has 2 amide bonds. The summed E-state index contributed by atoms with van der Waals surface area (Å²) in [6, 6.07) is 15.1. The molecule has 0 saturated carbocycles. The molecular weight excluding hydrogens is 442 g/mol. The average molecular weight is 464 g/mol. The van der Waals surface area contributed by atoms with Crippen LogP contribution in [0.15, 0.2) is 54.1 Å². The number of hydrogen-bond donors (Lipinski definition) is 1. The molecular formula is C25H22ClN3O2S. The van der Waals surface area contributed by atoms with Gasteiger partial charge in [0.1, 0.15) is 5.57 Å². The summed E-state index contributed by atoms with van der Waals surface area (Å²) < 4.78 is 2.13. The molecule has 0 aliphatic carbocycles. The van der Waals surface area contributed by atoms with Crippen LogP contribution in [0.25, 0.3) is 11.8 Å². The highest BCUT2D eigenvalue weighted by Gasteiger charge is 2.35. The first-order valence-electron chi connectivity index (χ1n) is 10.1. The summed E-state index contributed by atoms with van der Waals surface area (Å²) in [5, 5.41) is 2.98. The number of nitrogens with one attached hydrogen (secondary N) is 1. The molecule has 0 radical (unpaired) electrons. The average Bonchev–Trinajstić information content (AvgIpc) is 3.00. The molecule has 1 aliphatic heterocycles. The minimum atomic E-state index is -0.528. The van der Waals surface area contributed by atoms with Gasteiger partial charge in [-0.3, -0.25) is 19.8 Å². The Labute approximate surface area is 197 Å². The molecule has 0 atom stereocenters. The van der Waals surface area contributed by atoms with E-state index in [2.05, 4.69) is 41.9 Å². The molecule has 7 heteroatoms. The van der Waals surface area contributed by atoms with Crippen LogP contribution in [0.2, 0.25) is 5.02 Å². The number of carbonyl (C=O) groups is 2. The summed E-state index contributed by atoms with van der Waals surface area (Å²) in [6.45, 7) is 8.10. The Morgan fingerprint density at radius 3 is 2.38 bits per heavy atom. The Kier molecular flexibility index (Phi) is 5.75. The largest absolute Gasteiger partial charge is 0.318 e. The molecule has 1 aromatic heterocycles. The fraction of sp³-hybridized carbons (Fsp3) is 0.160. The number of aryl methyl sites for hydroxylation is 3. The maximum Gasteiger partial charge on any atom is 0.270 e. The van der Waals surface area contributed by atoms with E-state index in [0.29, 0.717) is 10.7 Å². The highest BCUT2D eigenvalue weighted by atomic mass is 35.5. The standard InChI is InChI=1S/C25H22ClN3O2S/c1-14-9-10-21(15(2)11-14)28-16(3)12-18(17(28)4)13-19-23(30)27-25(32)29(24(19)31)22-8-6-5-7-20(22)26/h5-13H,1-4H3,(H,27,30,32)/b19-13+. The molecule has 0 bridgehead atoms. The number of aromatic nitrogens is 1. The van der Waals surface area contributed by atoms with Crippen molar-refractivity contribution >= 4 is 52.5 Å². The normalized spacial score (nSPS) is 15.5. The molecule has 1 N–H and O–H groups in total. The topological polar surface area (TPSA) is 54.3 Å². The predicted molar refractivity (Wildman–Crippen MR) is 132 cm³/mol. The molecule has 1 saturated heterocycles. The van der Waals surface area contributed by atoms with Crippen molar-refractivity contribution in [1.29, 1.82) is 0 Å². The van der Waals surface area contributed by atoms with E-state index in [1.54, 1.807) is 30.3 Å². The maximum atomic E-state index is 13.3. The highest BCUT2D eigenvalue weighted by molar-refractivity contribution is 7.80. The second kappa shape index (κ2) is 8.37. The van der Waals surface area contributed by atoms with Gasteiger partial charge in [-0.1, -0.05) is 41.4 Å². The predicted octanol–water partition coefficient (Wildman–Crippen LogP) is 5.20. The van der Waals surface area contributed by atoms with Crippen molar-refractivity contribution in [3.8, 4) is 5.69 Å². The second-order valence-electron chi connectivity index (χ2n) is 7.86. The molecule has 162 valence electrons. The van der Waals surface area contributed by atoms with Gasteiger partial charge in [-0.05, 0) is 81.4 Å². The molecule has 0 spiro atoms. The van der Waals surface area contributed by atoms with Crippen LogP contribution in [0.4, 0.5) is 5.69 Å². The molecule has 3 aromatic rings. The van der Waals surface area contributed by atoms with Crippen LogP contribution in [0.5, 0.6) is 0 Å². The van der Waals surface area contributed by atoms with Gasteiger partial charge in [0.2, 0.25) is 0 Å². The molecule has 1 fully saturated rings. The Morgan fingerprint density at radius 2 is 1.69 bits per heavy atom. The lowest BCUT2D eigenvalue weighted by Gasteiger charge is -2.29. The summed E-state index contributed by atoms with van der Waals surface area (Å²) in [5.41, 5.74) is 6.55. The number of nitrogens with zero attached hydrogens (tertiary/aromatic N) is 2. The lowest BCUT2D eigenvalue weighted by atomic mass is 10.1. The summed E-state index contributed by atoms with van der Waals surface area (Å²) in [5.74, 6) is -1.04. The van der Waals surface area contributed by atoms with Gasteiger partial charge in [0.15, 0.2) is 5.11 Å². The first kappa shape index (κ1) is 22.0. The van der Waals surface area contributed by atoms with Crippen LogP contribution < -0.4 is 10.2 Å². The zero-order valence-electron chi connectivity index (χ0n) is 18.2. The van der Waals surface area contributed by atoms with Crippen LogP contribution in [0, 0.1) is 27.7 Å². The van der Waals surface area contributed by atoms with Crippen molar-refractivity contribution in [3.05, 3.63) is 87.2 Å². The summed E-state index contributed by atoms with van der Waals surface area (Å²) in [4.78, 5) is 27.3. The SMILES string of the molecule is Cc1ccc(-n2c(C)cc(/C=C3\C(=O)NC(=S)N(c4ccccc4Cl)C3=O)c2C)c(C)c1. The number of thiocarbonyl (C=S) groups is 1. The van der Waals surface area contributed by atoms with Gasteiger partial charge in [-0.15, -0.1) is 0 Å². The number of rotatable bonds is 3. The highest BCUT2D eigenvalue weighted by Crippen LogP contribution is 2.30. The van der Waals surface area contributed by atoms with Crippen LogP contribution in [0.1, 0.15) is 28.1 Å². The molecule has 4 rings (SSSR count). The van der Waals surface area contributed by atoms with Gasteiger partial charge in [0.05, 0.1) is 10.7 Å². The maximum absolute atomic E-state index is 13.3. The molecule has 32 heavy (non-hydrogen) atoms. The number of amides is 2. The van der Waals surface area contributed by atoms with Gasteiger partial charge in [-0.2, -0.15) is 0 Å². The fourth-order valence-corrected chi connectivity index (χ4v) is 4.52. The van der Waals surface area contributed by atoms with Crippen molar-refractivity contribution in [1.82, 2.24) is 9.88 Å². The Hall–Kier alpha value is -3.22. The number of para-hydroxylation sites is 1. The number of halogens is 1. The Balaban J connectivity index is 1.80. The van der Waals surface area contributed by atoms with E-state index in [1.165, 1.54) is 10.5 Å². The lowest BCUT2D eigenvalue weighted by molar-refractivity contribution is -0.122. The van der Waals surface area contributed by atoms with E-state index in [9.17, 15) is 9.59 Å². The third-order valence-electron chi connectivity index (χ3n) is 5.56. The molecule has 5 nitrogen and oxygen atoms in total. The van der Waals surface area contributed by atoms with Gasteiger partial charge in [-0.25, -0.2) is 0 Å². The van der Waals surface area contributed by atoms with E-state index in [1.807, 2.05) is 19.9 Å². The van der Waals surface area contributed by atoms with Gasteiger partial charge in [0.25, 0.3) is 11.8 Å². The van der Waals surface area contributed by atoms with Crippen LogP contribution in [0.3, 0.4) is 0 Å². The van der Waals surface area contributed by atoms with Crippen LogP contribution in [-0.2, 0) is 9.59 Å². The number of anilines is 1. The minimum Gasteiger partial charge on any atom is -0.318 e. The Bertz CT molecular complexity index is 1320. The zero-order valence-corrected chi connectivity index (χ0v) is 19.8. The van der Waals surface area contributed by atoms with E-state index >= 15 is 0 Å². The Morgan fingerprint density at radius 1 is 0.969 bits per heavy atom. The molecule has 1 aliphatic rings.